The maximum atomic E-state index is 12.8. The summed E-state index contributed by atoms with van der Waals surface area (Å²) in [7, 11) is 3.52. The van der Waals surface area contributed by atoms with Gasteiger partial charge in [0.1, 0.15) is 5.75 Å². The molecule has 2 aromatic rings. The van der Waals surface area contributed by atoms with E-state index in [1.165, 1.54) is 5.56 Å². The Morgan fingerprint density at radius 2 is 1.95 bits per heavy atom. The molecule has 1 aliphatic heterocycles. The quantitative estimate of drug-likeness (QED) is 0.847. The lowest BCUT2D eigenvalue weighted by molar-refractivity contribution is -0.130. The lowest BCUT2D eigenvalue weighted by atomic mass is 9.87. The number of carbonyl (C=O) groups is 1. The van der Waals surface area contributed by atoms with Crippen LogP contribution in [-0.2, 0) is 11.2 Å². The minimum atomic E-state index is -0.246. The van der Waals surface area contributed by atoms with Crippen molar-refractivity contribution in [2.75, 3.05) is 20.7 Å². The van der Waals surface area contributed by atoms with Crippen molar-refractivity contribution < 1.29 is 9.53 Å². The number of amides is 1. The van der Waals surface area contributed by atoms with Gasteiger partial charge in [-0.05, 0) is 35.2 Å². The van der Waals surface area contributed by atoms with Gasteiger partial charge in [0.15, 0.2) is 0 Å². The number of fused-ring (bicyclic) bond motifs is 1. The number of likely N-dealkylation sites (N-methyl/N-ethyl adjacent to an activating group) is 1. The first-order chi connectivity index (χ1) is 10.2. The van der Waals surface area contributed by atoms with Gasteiger partial charge < -0.3 is 9.64 Å². The van der Waals surface area contributed by atoms with Gasteiger partial charge in [-0.1, -0.05) is 36.4 Å². The van der Waals surface area contributed by atoms with Crippen LogP contribution in [0.5, 0.6) is 5.75 Å². The van der Waals surface area contributed by atoms with E-state index in [9.17, 15) is 4.79 Å². The Kier molecular flexibility index (Phi) is 3.65. The number of nitrogens with zero attached hydrogens (tertiary/aromatic N) is 1. The highest BCUT2D eigenvalue weighted by Gasteiger charge is 2.30. The van der Waals surface area contributed by atoms with Crippen LogP contribution in [0, 0.1) is 0 Å². The van der Waals surface area contributed by atoms with E-state index in [1.807, 2.05) is 48.3 Å². The normalized spacial score (nSPS) is 18.1. The first-order valence-corrected chi connectivity index (χ1v) is 7.17. The summed E-state index contributed by atoms with van der Waals surface area (Å²) in [4.78, 5) is 14.6. The van der Waals surface area contributed by atoms with Crippen LogP contribution in [0.2, 0.25) is 0 Å². The molecule has 1 aliphatic rings. The van der Waals surface area contributed by atoms with E-state index in [1.54, 1.807) is 7.11 Å². The molecule has 0 saturated carbocycles. The number of carbonyl (C=O) groups excluding carboxylic acids is 1. The van der Waals surface area contributed by atoms with Crippen molar-refractivity contribution in [3.63, 3.8) is 0 Å². The van der Waals surface area contributed by atoms with Crippen molar-refractivity contribution in [1.82, 2.24) is 4.90 Å². The molecule has 108 valence electrons. The van der Waals surface area contributed by atoms with Gasteiger partial charge in [0.25, 0.3) is 0 Å². The van der Waals surface area contributed by atoms with Gasteiger partial charge in [-0.15, -0.1) is 0 Å². The Hall–Kier alpha value is -2.29. The summed E-state index contributed by atoms with van der Waals surface area (Å²) in [5.74, 6) is 0.682. The van der Waals surface area contributed by atoms with Crippen molar-refractivity contribution in [2.45, 2.75) is 12.3 Å². The smallest absolute Gasteiger partial charge is 0.234 e. The standard InChI is InChI=1S/C18H19NO2/c1-19-11-10-13-6-3-4-9-16(13)17(18(19)20)14-7-5-8-15(12-14)21-2/h3-9,12,17H,10-11H2,1-2H3/t17-/m1/s1. The minimum absolute atomic E-state index is 0.146. The van der Waals surface area contributed by atoms with Crippen molar-refractivity contribution in [3.05, 3.63) is 65.2 Å². The number of methoxy groups -OCH3 is 1. The molecule has 0 bridgehead atoms. The average Bonchev–Trinajstić information content (AvgIpc) is 2.65. The average molecular weight is 281 g/mol. The largest absolute Gasteiger partial charge is 0.497 e. The zero-order valence-corrected chi connectivity index (χ0v) is 12.4. The van der Waals surface area contributed by atoms with Gasteiger partial charge in [0, 0.05) is 13.6 Å². The SMILES string of the molecule is COc1cccc([C@H]2C(=O)N(C)CCc3ccccc32)c1. The van der Waals surface area contributed by atoms with Crippen LogP contribution in [0.3, 0.4) is 0 Å². The molecule has 0 saturated heterocycles. The van der Waals surface area contributed by atoms with Crippen LogP contribution < -0.4 is 4.74 Å². The van der Waals surface area contributed by atoms with Crippen LogP contribution in [0.15, 0.2) is 48.5 Å². The predicted molar refractivity (Wildman–Crippen MR) is 82.6 cm³/mol. The number of hydrogen-bond acceptors (Lipinski definition) is 2. The molecule has 1 atom stereocenters. The topological polar surface area (TPSA) is 29.5 Å². The Labute approximate surface area is 125 Å². The van der Waals surface area contributed by atoms with Gasteiger partial charge in [0.2, 0.25) is 5.91 Å². The summed E-state index contributed by atoms with van der Waals surface area (Å²) < 4.78 is 5.30. The number of rotatable bonds is 2. The molecule has 21 heavy (non-hydrogen) atoms. The zero-order chi connectivity index (χ0) is 14.8. The second-order valence-corrected chi connectivity index (χ2v) is 5.42. The van der Waals surface area contributed by atoms with Gasteiger partial charge in [-0.25, -0.2) is 0 Å². The molecule has 0 aromatic heterocycles. The zero-order valence-electron chi connectivity index (χ0n) is 12.4. The van der Waals surface area contributed by atoms with Crippen LogP contribution in [0.1, 0.15) is 22.6 Å². The summed E-state index contributed by atoms with van der Waals surface area (Å²) in [5, 5.41) is 0. The second kappa shape index (κ2) is 5.60. The molecule has 0 unspecified atom stereocenters. The molecule has 3 nitrogen and oxygen atoms in total. The number of hydrogen-bond donors (Lipinski definition) is 0. The first-order valence-electron chi connectivity index (χ1n) is 7.17. The summed E-state index contributed by atoms with van der Waals surface area (Å²) >= 11 is 0. The third-order valence-corrected chi connectivity index (χ3v) is 4.13. The molecular weight excluding hydrogens is 262 g/mol. The van der Waals surface area contributed by atoms with E-state index in [4.69, 9.17) is 4.74 Å². The fourth-order valence-electron chi connectivity index (χ4n) is 2.94. The molecule has 1 heterocycles. The third-order valence-electron chi connectivity index (χ3n) is 4.13. The molecule has 0 aliphatic carbocycles. The number of ether oxygens (including phenoxy) is 1. The molecule has 3 rings (SSSR count). The third kappa shape index (κ3) is 2.51. The van der Waals surface area contributed by atoms with Crippen molar-refractivity contribution in [2.24, 2.45) is 0 Å². The highest BCUT2D eigenvalue weighted by Crippen LogP contribution is 2.33. The number of benzene rings is 2. The van der Waals surface area contributed by atoms with E-state index >= 15 is 0 Å². The summed E-state index contributed by atoms with van der Waals surface area (Å²) in [6.45, 7) is 0.760. The van der Waals surface area contributed by atoms with Gasteiger partial charge in [-0.3, -0.25) is 4.79 Å². The van der Waals surface area contributed by atoms with Gasteiger partial charge in [-0.2, -0.15) is 0 Å². The molecule has 0 N–H and O–H groups in total. The summed E-state index contributed by atoms with van der Waals surface area (Å²) in [6, 6.07) is 16.0. The molecule has 3 heteroatoms. The maximum Gasteiger partial charge on any atom is 0.234 e. The summed E-state index contributed by atoms with van der Waals surface area (Å²) in [5.41, 5.74) is 3.35. The lowest BCUT2D eigenvalue weighted by Crippen LogP contribution is -2.31. The molecule has 2 aromatic carbocycles. The molecular formula is C18H19NO2. The van der Waals surface area contributed by atoms with E-state index in [0.717, 1.165) is 29.8 Å². The van der Waals surface area contributed by atoms with Crippen molar-refractivity contribution >= 4 is 5.91 Å². The van der Waals surface area contributed by atoms with Crippen molar-refractivity contribution in [1.29, 1.82) is 0 Å². The minimum Gasteiger partial charge on any atom is -0.497 e. The Morgan fingerprint density at radius 3 is 2.76 bits per heavy atom. The van der Waals surface area contributed by atoms with E-state index in [2.05, 4.69) is 12.1 Å². The second-order valence-electron chi connectivity index (χ2n) is 5.42. The molecule has 1 amide bonds. The fourth-order valence-corrected chi connectivity index (χ4v) is 2.94. The lowest BCUT2D eigenvalue weighted by Gasteiger charge is -2.21. The highest BCUT2D eigenvalue weighted by molar-refractivity contribution is 5.88. The Balaban J connectivity index is 2.14. The molecule has 0 spiro atoms. The highest BCUT2D eigenvalue weighted by atomic mass is 16.5. The summed E-state index contributed by atoms with van der Waals surface area (Å²) in [6.07, 6.45) is 0.902. The molecule has 0 radical (unpaired) electrons. The van der Waals surface area contributed by atoms with E-state index in [-0.39, 0.29) is 11.8 Å². The van der Waals surface area contributed by atoms with Crippen LogP contribution in [-0.4, -0.2) is 31.5 Å². The van der Waals surface area contributed by atoms with Crippen LogP contribution >= 0.6 is 0 Å². The van der Waals surface area contributed by atoms with Gasteiger partial charge >= 0.3 is 0 Å². The van der Waals surface area contributed by atoms with Crippen LogP contribution in [0.25, 0.3) is 0 Å². The molecule has 0 fully saturated rings. The van der Waals surface area contributed by atoms with E-state index in [0.29, 0.717) is 0 Å². The first kappa shape index (κ1) is 13.7. The predicted octanol–water partition coefficient (Wildman–Crippen LogP) is 2.84. The monoisotopic (exact) mass is 281 g/mol. The van der Waals surface area contributed by atoms with Crippen LogP contribution in [0.4, 0.5) is 0 Å². The van der Waals surface area contributed by atoms with Crippen molar-refractivity contribution in [3.8, 4) is 5.75 Å². The van der Waals surface area contributed by atoms with E-state index < -0.39 is 0 Å². The fraction of sp³-hybridized carbons (Fsp3) is 0.278. The Morgan fingerprint density at radius 1 is 1.14 bits per heavy atom. The Bertz CT molecular complexity index is 666. The van der Waals surface area contributed by atoms with Gasteiger partial charge in [0.05, 0.1) is 13.0 Å². The maximum absolute atomic E-state index is 12.8.